The lowest BCUT2D eigenvalue weighted by molar-refractivity contribution is -0.145. The van der Waals surface area contributed by atoms with Crippen molar-refractivity contribution in [1.29, 1.82) is 0 Å². The molecule has 2 unspecified atom stereocenters. The molecule has 0 aromatic rings. The Hall–Kier alpha value is -2.30. The van der Waals surface area contributed by atoms with Crippen LogP contribution in [0.5, 0.6) is 0 Å². The standard InChI is InChI=1S/C25H39F2N5O4/c1-23(2,3)18(29-20(34)16-10-25(16,26)27)22(36)32-12-13-7-6-8-15(13)17(32)21(35)31-28-11-14-9-24(4,5)30-19(14)33/h13-18,28H,6-12H2,1-5H3,(H,29,34)(H,30,33)(H,31,35)/t13-,14?,15-,16?,17-,18+/m0/s1. The second-order valence-corrected chi connectivity index (χ2v) is 12.8. The van der Waals surface area contributed by atoms with Crippen LogP contribution in [-0.4, -0.2) is 65.2 Å². The molecule has 0 aromatic heterocycles. The summed E-state index contributed by atoms with van der Waals surface area (Å²) in [5, 5.41) is 5.49. The zero-order valence-corrected chi connectivity index (χ0v) is 21.7. The molecule has 0 bridgehead atoms. The maximum absolute atomic E-state index is 13.7. The average molecular weight is 512 g/mol. The highest BCUT2D eigenvalue weighted by Gasteiger charge is 2.62. The van der Waals surface area contributed by atoms with Crippen LogP contribution < -0.4 is 21.5 Å². The Balaban J connectivity index is 1.44. The molecular weight excluding hydrogens is 472 g/mol. The third kappa shape index (κ3) is 5.35. The van der Waals surface area contributed by atoms with E-state index in [2.05, 4.69) is 21.5 Å². The molecule has 4 fully saturated rings. The van der Waals surface area contributed by atoms with Crippen LogP contribution in [0.3, 0.4) is 0 Å². The van der Waals surface area contributed by atoms with E-state index >= 15 is 0 Å². The topological polar surface area (TPSA) is 120 Å². The fraction of sp³-hybridized carbons (Fsp3) is 0.840. The summed E-state index contributed by atoms with van der Waals surface area (Å²) in [5.74, 6) is -6.22. The number of hydrogen-bond acceptors (Lipinski definition) is 5. The zero-order valence-electron chi connectivity index (χ0n) is 21.7. The van der Waals surface area contributed by atoms with Crippen LogP contribution in [0.2, 0.25) is 0 Å². The summed E-state index contributed by atoms with van der Waals surface area (Å²) >= 11 is 0. The maximum Gasteiger partial charge on any atom is 0.260 e. The van der Waals surface area contributed by atoms with E-state index in [0.29, 0.717) is 13.0 Å². The molecule has 2 heterocycles. The molecule has 9 nitrogen and oxygen atoms in total. The summed E-state index contributed by atoms with van der Waals surface area (Å²) in [6.07, 6.45) is 2.82. The molecule has 2 aliphatic carbocycles. The fourth-order valence-corrected chi connectivity index (χ4v) is 6.12. The van der Waals surface area contributed by atoms with Crippen LogP contribution in [0.15, 0.2) is 0 Å². The first kappa shape index (κ1) is 26.8. The van der Waals surface area contributed by atoms with E-state index in [1.165, 1.54) is 4.90 Å². The molecule has 2 aliphatic heterocycles. The highest BCUT2D eigenvalue weighted by Crippen LogP contribution is 2.49. The molecule has 4 aliphatic rings. The first-order chi connectivity index (χ1) is 16.6. The number of likely N-dealkylation sites (tertiary alicyclic amines) is 1. The monoisotopic (exact) mass is 511 g/mol. The van der Waals surface area contributed by atoms with Gasteiger partial charge in [0.25, 0.3) is 11.8 Å². The minimum Gasteiger partial charge on any atom is -0.351 e. The molecule has 2 saturated heterocycles. The van der Waals surface area contributed by atoms with E-state index < -0.39 is 47.6 Å². The molecule has 0 spiro atoms. The van der Waals surface area contributed by atoms with Crippen molar-refractivity contribution in [1.82, 2.24) is 26.4 Å². The summed E-state index contributed by atoms with van der Waals surface area (Å²) in [4.78, 5) is 53.2. The molecule has 202 valence electrons. The highest BCUT2D eigenvalue weighted by atomic mass is 19.3. The number of rotatable bonds is 7. The smallest absolute Gasteiger partial charge is 0.260 e. The minimum atomic E-state index is -3.03. The lowest BCUT2D eigenvalue weighted by Crippen LogP contribution is -2.59. The molecule has 6 atom stereocenters. The predicted octanol–water partition coefficient (Wildman–Crippen LogP) is 1.34. The second kappa shape index (κ2) is 9.22. The Morgan fingerprint density at radius 2 is 1.81 bits per heavy atom. The van der Waals surface area contributed by atoms with Gasteiger partial charge in [-0.05, 0) is 50.4 Å². The first-order valence-electron chi connectivity index (χ1n) is 12.9. The summed E-state index contributed by atoms with van der Waals surface area (Å²) in [5.41, 5.74) is 4.55. The number of carbonyl (C=O) groups excluding carboxylic acids is 4. The number of alkyl halides is 2. The number of hydrogen-bond donors (Lipinski definition) is 4. The number of hydrazine groups is 1. The first-order valence-corrected chi connectivity index (χ1v) is 12.9. The van der Waals surface area contributed by atoms with Crippen molar-refractivity contribution in [2.45, 2.75) is 90.3 Å². The number of carbonyl (C=O) groups is 4. The third-order valence-electron chi connectivity index (χ3n) is 8.13. The largest absolute Gasteiger partial charge is 0.351 e. The van der Waals surface area contributed by atoms with Crippen molar-refractivity contribution in [2.75, 3.05) is 13.1 Å². The third-order valence-corrected chi connectivity index (χ3v) is 8.13. The lowest BCUT2D eigenvalue weighted by Gasteiger charge is -2.36. The van der Waals surface area contributed by atoms with Gasteiger partial charge in [-0.3, -0.25) is 24.6 Å². The van der Waals surface area contributed by atoms with Gasteiger partial charge in [0, 0.05) is 25.0 Å². The van der Waals surface area contributed by atoms with Crippen molar-refractivity contribution in [3.05, 3.63) is 0 Å². The molecule has 2 saturated carbocycles. The van der Waals surface area contributed by atoms with Crippen LogP contribution in [0.25, 0.3) is 0 Å². The van der Waals surface area contributed by atoms with Gasteiger partial charge >= 0.3 is 0 Å². The van der Waals surface area contributed by atoms with Gasteiger partial charge in [-0.15, -0.1) is 0 Å². The number of nitrogens with one attached hydrogen (secondary N) is 4. The number of amides is 4. The lowest BCUT2D eigenvalue weighted by atomic mass is 9.85. The summed E-state index contributed by atoms with van der Waals surface area (Å²) in [7, 11) is 0. The maximum atomic E-state index is 13.7. The van der Waals surface area contributed by atoms with Crippen LogP contribution in [0.1, 0.15) is 66.7 Å². The van der Waals surface area contributed by atoms with Crippen LogP contribution >= 0.6 is 0 Å². The number of nitrogens with zero attached hydrogens (tertiary/aromatic N) is 1. The van der Waals surface area contributed by atoms with Gasteiger partial charge in [0.05, 0.1) is 5.92 Å². The van der Waals surface area contributed by atoms with Crippen molar-refractivity contribution >= 4 is 23.6 Å². The fourth-order valence-electron chi connectivity index (χ4n) is 6.12. The van der Waals surface area contributed by atoms with E-state index in [9.17, 15) is 28.0 Å². The van der Waals surface area contributed by atoms with Crippen LogP contribution in [0.4, 0.5) is 8.78 Å². The van der Waals surface area contributed by atoms with E-state index in [4.69, 9.17) is 0 Å². The van der Waals surface area contributed by atoms with Gasteiger partial charge in [-0.25, -0.2) is 14.2 Å². The molecule has 36 heavy (non-hydrogen) atoms. The van der Waals surface area contributed by atoms with E-state index in [1.54, 1.807) is 20.8 Å². The van der Waals surface area contributed by atoms with Crippen LogP contribution in [0, 0.1) is 29.1 Å². The van der Waals surface area contributed by atoms with Gasteiger partial charge in [-0.1, -0.05) is 27.2 Å². The normalized spacial score (nSPS) is 33.0. The molecule has 4 N–H and O–H groups in total. The van der Waals surface area contributed by atoms with Gasteiger partial charge in [0.2, 0.25) is 17.7 Å². The SMILES string of the molecule is CC1(C)CC(CNNC(=O)[C@@H]2[C@H]3CCC[C@H]3CN2C(=O)[C@@H](NC(=O)C2CC2(F)F)C(C)(C)C)C(=O)N1. The van der Waals surface area contributed by atoms with Gasteiger partial charge in [0.1, 0.15) is 18.0 Å². The molecule has 0 aromatic carbocycles. The van der Waals surface area contributed by atoms with Crippen molar-refractivity contribution in [3.63, 3.8) is 0 Å². The summed E-state index contributed by atoms with van der Waals surface area (Å²) in [6, 6.07) is -1.76. The Morgan fingerprint density at radius 3 is 2.36 bits per heavy atom. The molecular formula is C25H39F2N5O4. The quantitative estimate of drug-likeness (QED) is 0.385. The Morgan fingerprint density at radius 1 is 1.14 bits per heavy atom. The molecule has 4 rings (SSSR count). The number of fused-ring (bicyclic) bond motifs is 1. The second-order valence-electron chi connectivity index (χ2n) is 12.8. The zero-order chi connectivity index (χ0) is 26.6. The Kier molecular flexibility index (Phi) is 6.85. The van der Waals surface area contributed by atoms with Crippen molar-refractivity contribution < 1.29 is 28.0 Å². The average Bonchev–Trinajstić information content (AvgIpc) is 3.07. The highest BCUT2D eigenvalue weighted by molar-refractivity contribution is 5.94. The van der Waals surface area contributed by atoms with E-state index in [-0.39, 0.29) is 41.7 Å². The number of halogens is 2. The van der Waals surface area contributed by atoms with Crippen molar-refractivity contribution in [2.24, 2.45) is 29.1 Å². The van der Waals surface area contributed by atoms with Gasteiger partial charge in [0.15, 0.2) is 0 Å². The molecule has 0 radical (unpaired) electrons. The Labute approximate surface area is 210 Å². The van der Waals surface area contributed by atoms with E-state index in [0.717, 1.165) is 19.3 Å². The Bertz CT molecular complexity index is 934. The minimum absolute atomic E-state index is 0.00597. The predicted molar refractivity (Wildman–Crippen MR) is 127 cm³/mol. The van der Waals surface area contributed by atoms with Gasteiger partial charge < -0.3 is 15.5 Å². The van der Waals surface area contributed by atoms with Crippen LogP contribution in [-0.2, 0) is 19.2 Å². The van der Waals surface area contributed by atoms with E-state index in [1.807, 2.05) is 13.8 Å². The van der Waals surface area contributed by atoms with Crippen molar-refractivity contribution in [3.8, 4) is 0 Å². The molecule has 4 amide bonds. The van der Waals surface area contributed by atoms with Gasteiger partial charge in [-0.2, -0.15) is 0 Å². The molecule has 11 heteroatoms. The summed E-state index contributed by atoms with van der Waals surface area (Å²) < 4.78 is 27.0. The summed E-state index contributed by atoms with van der Waals surface area (Å²) in [6.45, 7) is 9.85.